The van der Waals surface area contributed by atoms with Gasteiger partial charge in [-0.05, 0) is 81.8 Å². The van der Waals surface area contributed by atoms with E-state index >= 15 is 0 Å². The second-order valence-corrected chi connectivity index (χ2v) is 9.49. The number of pyridine rings is 1. The Morgan fingerprint density at radius 3 is 2.88 bits per heavy atom. The van der Waals surface area contributed by atoms with Crippen LogP contribution in [0.3, 0.4) is 0 Å². The molecule has 1 fully saturated rings. The summed E-state index contributed by atoms with van der Waals surface area (Å²) in [6.45, 7) is 7.57. The van der Waals surface area contributed by atoms with Gasteiger partial charge in [0.1, 0.15) is 0 Å². The quantitative estimate of drug-likeness (QED) is 0.530. The lowest BCUT2D eigenvalue weighted by atomic mass is 9.90. The van der Waals surface area contributed by atoms with E-state index in [1.165, 1.54) is 61.9 Å². The maximum Gasteiger partial charge on any atom is 0.0607 e. The number of piperazine rings is 1. The number of aromatic nitrogens is 1. The topological polar surface area (TPSA) is 57.4 Å². The highest BCUT2D eigenvalue weighted by Gasteiger charge is 2.30. The molecular weight excluding hydrogens is 394 g/mol. The molecule has 1 saturated heterocycles. The standard InChI is InChI=1S/C27H41N5/c28-15-4-5-19-32(26-14-6-12-24-13-7-16-30-27(24)26)22-25-21-31(20-17-29-25)18-8-11-23-9-2-1-3-10-23/h1-3,7,9-10,13,16,25-26,29H,4-6,8,11-12,14-15,17-22,28H2/t25-,26-/m0/s1. The maximum atomic E-state index is 5.81. The first kappa shape index (κ1) is 23.4. The van der Waals surface area contributed by atoms with Crippen molar-refractivity contribution in [3.63, 3.8) is 0 Å². The van der Waals surface area contributed by atoms with E-state index in [9.17, 15) is 0 Å². The van der Waals surface area contributed by atoms with Crippen LogP contribution in [0.1, 0.15) is 55.0 Å². The Bertz CT molecular complexity index is 796. The normalized spacial score (nSPS) is 21.6. The first-order valence-electron chi connectivity index (χ1n) is 12.7. The highest BCUT2D eigenvalue weighted by Crippen LogP contribution is 2.33. The minimum Gasteiger partial charge on any atom is -0.330 e. The van der Waals surface area contributed by atoms with E-state index in [0.717, 1.165) is 45.7 Å². The van der Waals surface area contributed by atoms with Crippen LogP contribution in [0, 0.1) is 0 Å². The van der Waals surface area contributed by atoms with Crippen molar-refractivity contribution in [3.05, 3.63) is 65.5 Å². The van der Waals surface area contributed by atoms with Crippen LogP contribution in [0.15, 0.2) is 48.7 Å². The second kappa shape index (κ2) is 12.4. The molecule has 3 N–H and O–H groups in total. The summed E-state index contributed by atoms with van der Waals surface area (Å²) in [7, 11) is 0. The molecule has 174 valence electrons. The van der Waals surface area contributed by atoms with Crippen LogP contribution in [0.25, 0.3) is 0 Å². The van der Waals surface area contributed by atoms with Crippen LogP contribution < -0.4 is 11.1 Å². The number of hydrogen-bond donors (Lipinski definition) is 2. The molecule has 2 aliphatic rings. The Morgan fingerprint density at radius 1 is 1.09 bits per heavy atom. The molecule has 2 atom stereocenters. The van der Waals surface area contributed by atoms with E-state index < -0.39 is 0 Å². The van der Waals surface area contributed by atoms with Crippen molar-refractivity contribution < 1.29 is 0 Å². The Balaban J connectivity index is 1.34. The van der Waals surface area contributed by atoms with Gasteiger partial charge in [0.15, 0.2) is 0 Å². The molecule has 4 rings (SSSR count). The van der Waals surface area contributed by atoms with E-state index in [1.54, 1.807) is 0 Å². The van der Waals surface area contributed by atoms with E-state index in [2.05, 4.69) is 57.6 Å². The largest absolute Gasteiger partial charge is 0.330 e. The third kappa shape index (κ3) is 6.61. The Morgan fingerprint density at radius 2 is 2.00 bits per heavy atom. The first-order chi connectivity index (χ1) is 15.8. The third-order valence-corrected chi connectivity index (χ3v) is 7.08. The minimum absolute atomic E-state index is 0.452. The molecule has 0 radical (unpaired) electrons. The van der Waals surface area contributed by atoms with Crippen LogP contribution in [0.4, 0.5) is 0 Å². The molecule has 32 heavy (non-hydrogen) atoms. The summed E-state index contributed by atoms with van der Waals surface area (Å²) in [5.41, 5.74) is 10.0. The number of benzene rings is 1. The number of unbranched alkanes of at least 4 members (excludes halogenated alkanes) is 1. The molecule has 0 saturated carbocycles. The van der Waals surface area contributed by atoms with Gasteiger partial charge in [-0.15, -0.1) is 0 Å². The lowest BCUT2D eigenvalue weighted by Crippen LogP contribution is -2.55. The number of hydrogen-bond acceptors (Lipinski definition) is 5. The molecule has 1 aliphatic carbocycles. The van der Waals surface area contributed by atoms with E-state index in [-0.39, 0.29) is 0 Å². The van der Waals surface area contributed by atoms with E-state index in [1.807, 2.05) is 6.20 Å². The summed E-state index contributed by atoms with van der Waals surface area (Å²) in [6, 6.07) is 16.2. The lowest BCUT2D eigenvalue weighted by molar-refractivity contribution is 0.118. The molecule has 1 aliphatic heterocycles. The van der Waals surface area contributed by atoms with Crippen molar-refractivity contribution in [2.45, 2.75) is 57.0 Å². The molecule has 0 unspecified atom stereocenters. The van der Waals surface area contributed by atoms with Crippen LogP contribution in [-0.2, 0) is 12.8 Å². The number of fused-ring (bicyclic) bond motifs is 1. The summed E-state index contributed by atoms with van der Waals surface area (Å²) < 4.78 is 0. The van der Waals surface area contributed by atoms with Crippen LogP contribution in [-0.4, -0.2) is 66.6 Å². The van der Waals surface area contributed by atoms with Crippen molar-refractivity contribution in [1.82, 2.24) is 20.1 Å². The average molecular weight is 436 g/mol. The summed E-state index contributed by atoms with van der Waals surface area (Å²) in [4.78, 5) is 10.2. The van der Waals surface area contributed by atoms with Gasteiger partial charge in [-0.25, -0.2) is 0 Å². The van der Waals surface area contributed by atoms with Crippen LogP contribution >= 0.6 is 0 Å². The fraction of sp³-hybridized carbons (Fsp3) is 0.593. The molecule has 5 nitrogen and oxygen atoms in total. The second-order valence-electron chi connectivity index (χ2n) is 9.49. The van der Waals surface area contributed by atoms with Crippen molar-refractivity contribution >= 4 is 0 Å². The molecule has 1 aromatic heterocycles. The highest BCUT2D eigenvalue weighted by atomic mass is 15.2. The smallest absolute Gasteiger partial charge is 0.0607 e. The van der Waals surface area contributed by atoms with Crippen molar-refractivity contribution in [2.24, 2.45) is 5.73 Å². The Kier molecular flexibility index (Phi) is 9.09. The average Bonchev–Trinajstić information content (AvgIpc) is 2.84. The monoisotopic (exact) mass is 435 g/mol. The fourth-order valence-electron chi connectivity index (χ4n) is 5.43. The number of nitrogens with zero attached hydrogens (tertiary/aromatic N) is 3. The van der Waals surface area contributed by atoms with Gasteiger partial charge in [-0.3, -0.25) is 9.88 Å². The van der Waals surface area contributed by atoms with Gasteiger partial charge in [0.2, 0.25) is 0 Å². The van der Waals surface area contributed by atoms with Crippen molar-refractivity contribution in [1.29, 1.82) is 0 Å². The summed E-state index contributed by atoms with van der Waals surface area (Å²) in [6.07, 6.45) is 10.3. The van der Waals surface area contributed by atoms with Crippen molar-refractivity contribution in [2.75, 3.05) is 45.8 Å². The van der Waals surface area contributed by atoms with Gasteiger partial charge in [0.25, 0.3) is 0 Å². The zero-order valence-electron chi connectivity index (χ0n) is 19.6. The third-order valence-electron chi connectivity index (χ3n) is 7.08. The highest BCUT2D eigenvalue weighted by molar-refractivity contribution is 5.25. The predicted molar refractivity (Wildman–Crippen MR) is 133 cm³/mol. The van der Waals surface area contributed by atoms with Gasteiger partial charge >= 0.3 is 0 Å². The van der Waals surface area contributed by atoms with E-state index in [0.29, 0.717) is 12.1 Å². The summed E-state index contributed by atoms with van der Waals surface area (Å²) >= 11 is 0. The Labute approximate surface area is 194 Å². The number of rotatable bonds is 11. The van der Waals surface area contributed by atoms with E-state index in [4.69, 9.17) is 10.7 Å². The zero-order chi connectivity index (χ0) is 22.0. The number of nitrogens with two attached hydrogens (primary N) is 1. The molecule has 0 bridgehead atoms. The zero-order valence-corrected chi connectivity index (χ0v) is 19.6. The molecule has 2 heterocycles. The number of nitrogens with one attached hydrogen (secondary N) is 1. The molecule has 0 amide bonds. The van der Waals surface area contributed by atoms with Gasteiger partial charge in [-0.1, -0.05) is 36.4 Å². The summed E-state index contributed by atoms with van der Waals surface area (Å²) in [5.74, 6) is 0. The van der Waals surface area contributed by atoms with Gasteiger partial charge in [0.05, 0.1) is 11.7 Å². The van der Waals surface area contributed by atoms with Gasteiger partial charge in [0, 0.05) is 38.4 Å². The maximum absolute atomic E-state index is 5.81. The molecule has 5 heteroatoms. The first-order valence-corrected chi connectivity index (χ1v) is 12.7. The van der Waals surface area contributed by atoms with Crippen LogP contribution in [0.2, 0.25) is 0 Å². The van der Waals surface area contributed by atoms with Crippen LogP contribution in [0.5, 0.6) is 0 Å². The fourth-order valence-corrected chi connectivity index (χ4v) is 5.43. The molecule has 1 aromatic carbocycles. The molecule has 2 aromatic rings. The van der Waals surface area contributed by atoms with Crippen molar-refractivity contribution in [3.8, 4) is 0 Å². The predicted octanol–water partition coefficient (Wildman–Crippen LogP) is 3.41. The SMILES string of the molecule is NCCCCN(C[C@@H]1CN(CCCc2ccccc2)CCN1)[C@H]1CCCc2cccnc21. The minimum atomic E-state index is 0.452. The van der Waals surface area contributed by atoms with Gasteiger partial charge in [-0.2, -0.15) is 0 Å². The van der Waals surface area contributed by atoms with Gasteiger partial charge < -0.3 is 16.0 Å². The lowest BCUT2D eigenvalue weighted by Gasteiger charge is -2.40. The molecular formula is C27H41N5. The summed E-state index contributed by atoms with van der Waals surface area (Å²) in [5, 5.41) is 3.81. The Hall–Kier alpha value is -1.79. The number of aryl methyl sites for hydroxylation is 2. The molecule has 0 spiro atoms.